The summed E-state index contributed by atoms with van der Waals surface area (Å²) in [7, 11) is -8.45. The van der Waals surface area contributed by atoms with Gasteiger partial charge in [0, 0.05) is 11.1 Å². The molecule has 0 unspecified atom stereocenters. The molecule has 19 nitrogen and oxygen atoms in total. The molecule has 0 amide bonds. The number of nitrogens with zero attached hydrogens (tertiary/aromatic N) is 8. The number of nitriles is 1. The van der Waals surface area contributed by atoms with Crippen molar-refractivity contribution < 1.29 is 95.8 Å². The van der Waals surface area contributed by atoms with Crippen LogP contribution in [-0.4, -0.2) is 48.5 Å². The van der Waals surface area contributed by atoms with E-state index in [0.29, 0.717) is 53.9 Å². The van der Waals surface area contributed by atoms with Gasteiger partial charge in [0.05, 0.1) is 70.6 Å². The number of benzene rings is 6. The molecule has 398 valence electrons. The monoisotopic (exact) mass is 1170 g/mol. The number of sulfonamides is 2. The van der Waals surface area contributed by atoms with E-state index in [1.165, 1.54) is 46.4 Å². The molecule has 80 heavy (non-hydrogen) atoms. The molecule has 6 aromatic carbocycles. The number of hydrogen-bond donors (Lipinski definition) is 3. The van der Waals surface area contributed by atoms with E-state index in [2.05, 4.69) is 40.4 Å². The molecule has 0 aliphatic heterocycles. The van der Waals surface area contributed by atoms with Gasteiger partial charge >= 0.3 is 59.1 Å². The number of nitrogens with two attached hydrogens (primary N) is 1. The maximum absolute atomic E-state index is 13.7. The van der Waals surface area contributed by atoms with Crippen molar-refractivity contribution in [3.05, 3.63) is 152 Å². The van der Waals surface area contributed by atoms with Crippen molar-refractivity contribution in [2.24, 2.45) is 15.4 Å². The Kier molecular flexibility index (Phi) is 17.8. The summed E-state index contributed by atoms with van der Waals surface area (Å²) in [6, 6.07) is 25.8. The van der Waals surface area contributed by atoms with Gasteiger partial charge in [-0.2, -0.15) is 15.0 Å². The van der Waals surface area contributed by atoms with Crippen molar-refractivity contribution in [2.75, 3.05) is 14.9 Å². The molecular formula is C55H49N11Na2O8S4. The van der Waals surface area contributed by atoms with Crippen molar-refractivity contribution >= 4 is 120 Å². The Morgan fingerprint density at radius 2 is 1.26 bits per heavy atom. The number of fused-ring (bicyclic) bond motifs is 2. The van der Waals surface area contributed by atoms with Gasteiger partial charge in [0.2, 0.25) is 15.2 Å². The number of carboxylic acids is 2. The van der Waals surface area contributed by atoms with E-state index < -0.39 is 48.5 Å². The first-order valence-electron chi connectivity index (χ1n) is 23.9. The number of primary sulfonamides is 1. The number of aromatic carboxylic acids is 2. The number of thiazole rings is 2. The normalized spacial score (nSPS) is 11.8. The third-order valence-electron chi connectivity index (χ3n) is 12.6. The van der Waals surface area contributed by atoms with Crippen molar-refractivity contribution in [3.8, 4) is 11.2 Å². The molecule has 0 aliphatic carbocycles. The number of hydrogen-bond acceptors (Lipinski definition) is 18. The zero-order valence-electron chi connectivity index (χ0n) is 45.7. The fraction of sp³-hybridized carbons (Fsp3) is 0.200. The molecule has 0 spiro atoms. The van der Waals surface area contributed by atoms with Crippen molar-refractivity contribution in [3.63, 3.8) is 0 Å². The van der Waals surface area contributed by atoms with Gasteiger partial charge in [-0.25, -0.2) is 31.9 Å². The zero-order chi connectivity index (χ0) is 56.5. The van der Waals surface area contributed by atoms with Crippen molar-refractivity contribution in [2.45, 2.75) is 84.4 Å². The minimum absolute atomic E-state index is 0. The van der Waals surface area contributed by atoms with Crippen LogP contribution in [0.3, 0.4) is 0 Å². The molecule has 0 radical (unpaired) electrons. The Morgan fingerprint density at radius 1 is 0.713 bits per heavy atom. The second kappa shape index (κ2) is 23.2. The van der Waals surface area contributed by atoms with Crippen LogP contribution in [0, 0.1) is 59.8 Å². The summed E-state index contributed by atoms with van der Waals surface area (Å²) >= 11 is 2.36. The number of carbonyl (C=O) groups is 2. The van der Waals surface area contributed by atoms with Crippen LogP contribution in [0.4, 0.5) is 45.1 Å². The summed E-state index contributed by atoms with van der Waals surface area (Å²) in [6.45, 7) is 19.7. The Labute approximate surface area is 514 Å². The largest absolute Gasteiger partial charge is 1.00 e. The molecule has 3 heterocycles. The maximum Gasteiger partial charge on any atom is 1.00 e. The van der Waals surface area contributed by atoms with Gasteiger partial charge in [0.15, 0.2) is 10.9 Å². The maximum atomic E-state index is 13.7. The molecule has 0 saturated heterocycles. The van der Waals surface area contributed by atoms with Crippen LogP contribution in [0.2, 0.25) is 0 Å². The van der Waals surface area contributed by atoms with Crippen LogP contribution in [0.25, 0.3) is 25.6 Å². The van der Waals surface area contributed by atoms with Crippen molar-refractivity contribution in [1.82, 2.24) is 19.7 Å². The quantitative estimate of drug-likeness (QED) is 0.101. The molecule has 4 N–H and O–H groups in total. The molecule has 3 aromatic heterocycles. The summed E-state index contributed by atoms with van der Waals surface area (Å²) in [5, 5.41) is 58.8. The molecule has 0 aliphatic rings. The van der Waals surface area contributed by atoms with Crippen LogP contribution < -0.4 is 89.4 Å². The summed E-state index contributed by atoms with van der Waals surface area (Å²) in [5.41, 5.74) is 9.27. The number of nitrogens with one attached hydrogen (secondary N) is 2. The van der Waals surface area contributed by atoms with Crippen LogP contribution in [0.1, 0.15) is 91.7 Å². The van der Waals surface area contributed by atoms with Crippen LogP contribution in [-0.2, 0) is 25.5 Å². The molecule has 0 saturated carbocycles. The van der Waals surface area contributed by atoms with Gasteiger partial charge < -0.3 is 25.1 Å². The number of aryl methyl sites for hydroxylation is 7. The molecule has 9 rings (SSSR count). The first-order chi connectivity index (χ1) is 36.6. The van der Waals surface area contributed by atoms with Crippen LogP contribution >= 0.6 is 22.7 Å². The average Bonchev–Trinajstić information content (AvgIpc) is 4.07. The second-order valence-electron chi connectivity index (χ2n) is 19.9. The van der Waals surface area contributed by atoms with E-state index in [0.717, 1.165) is 74.3 Å². The van der Waals surface area contributed by atoms with Crippen LogP contribution in [0.5, 0.6) is 0 Å². The van der Waals surface area contributed by atoms with E-state index in [9.17, 15) is 41.9 Å². The standard InChI is InChI=1S/C55H51N11O8S4.2Na/c1-27-15-29(3)46(30(4)16-27)58-43-23-37(65(48-32(6)17-28(2)18-33(48)7)53-59-41-13-11-38(77(57,71)72)24-44(41)75-53)19-31(5)47(43)61-62-50-40(26-56)49(55(8,9)10)63-66(50)54-60-42-14-12-39(25-45(42)76-54)78(73,74)64-36-21-34(51(67)68)20-35(22-36)52(69)70;;/h11-25,58,64H,1-10H3,(H,67,68)(H,69,70)(H2,57,71,72);;/q;2*+1/p-2. The molecule has 9 aromatic rings. The minimum Gasteiger partial charge on any atom is -0.545 e. The smallest absolute Gasteiger partial charge is 0.545 e. The predicted octanol–water partition coefficient (Wildman–Crippen LogP) is 4.23. The molecule has 0 bridgehead atoms. The SMILES string of the molecule is Cc1cc(C)c(Nc2cc(N(c3nc4ccc(S(N)(=O)=O)cc4s3)c3c(C)cc(C)cc3C)cc(C)c2N=Nc2c(C#N)c(C(C)(C)C)nn2-c2nc3ccc(S(=O)(=O)Nc4cc(C(=O)[O-])cc(C(=O)[O-])c4)cc3s2)c(C)c1.[Na+].[Na+]. The zero-order valence-corrected chi connectivity index (χ0v) is 53.0. The third kappa shape index (κ3) is 12.4. The minimum atomic E-state index is -4.45. The Bertz CT molecular complexity index is 4250. The van der Waals surface area contributed by atoms with Gasteiger partial charge in [-0.05, 0) is 154 Å². The first kappa shape index (κ1) is 61.2. The van der Waals surface area contributed by atoms with E-state index in [1.807, 2.05) is 86.3 Å². The van der Waals surface area contributed by atoms with Crippen molar-refractivity contribution in [1.29, 1.82) is 5.26 Å². The fourth-order valence-electron chi connectivity index (χ4n) is 9.30. The molecule has 0 fully saturated rings. The number of anilines is 6. The second-order valence-corrected chi connectivity index (χ2v) is 25.2. The Balaban J connectivity index is 0.00000462. The average molecular weight is 1170 g/mol. The molecule has 25 heteroatoms. The number of aromatic nitrogens is 4. The van der Waals surface area contributed by atoms with Gasteiger partial charge in [-0.15, -0.1) is 10.2 Å². The Hall–Kier alpha value is -6.40. The molecular weight excluding hydrogens is 1120 g/mol. The van der Waals surface area contributed by atoms with E-state index in [1.54, 1.807) is 6.07 Å². The van der Waals surface area contributed by atoms with Crippen LogP contribution in [0.15, 0.2) is 111 Å². The van der Waals surface area contributed by atoms with E-state index in [4.69, 9.17) is 30.4 Å². The number of carboxylic acid groups (broad SMARTS) is 2. The van der Waals surface area contributed by atoms with Gasteiger partial charge in [0.25, 0.3) is 10.0 Å². The first-order valence-corrected chi connectivity index (χ1v) is 28.5. The predicted molar refractivity (Wildman–Crippen MR) is 299 cm³/mol. The van der Waals surface area contributed by atoms with Gasteiger partial charge in [-0.3, -0.25) is 9.62 Å². The number of rotatable bonds is 14. The van der Waals surface area contributed by atoms with Gasteiger partial charge in [0.1, 0.15) is 17.3 Å². The van der Waals surface area contributed by atoms with Gasteiger partial charge in [-0.1, -0.05) is 78.8 Å². The summed E-state index contributed by atoms with van der Waals surface area (Å²) in [6.07, 6.45) is 0. The van der Waals surface area contributed by atoms with E-state index >= 15 is 0 Å². The topological polar surface area (TPSA) is 294 Å². The number of carbonyl (C=O) groups excluding carboxylic acids is 2. The summed E-state index contributed by atoms with van der Waals surface area (Å²) < 4.78 is 57.0. The Morgan fingerprint density at radius 3 is 1.82 bits per heavy atom. The summed E-state index contributed by atoms with van der Waals surface area (Å²) in [5.74, 6) is -3.40. The summed E-state index contributed by atoms with van der Waals surface area (Å²) in [4.78, 5) is 34.8. The molecule has 0 atom stereocenters. The number of azo groups is 1. The fourth-order valence-corrected chi connectivity index (χ4v) is 13.0. The third-order valence-corrected chi connectivity index (χ3v) is 16.9. The van der Waals surface area contributed by atoms with E-state index in [-0.39, 0.29) is 91.1 Å².